The number of ether oxygens (including phenoxy) is 1. The second-order valence-corrected chi connectivity index (χ2v) is 7.77. The van der Waals surface area contributed by atoms with Gasteiger partial charge in [-0.3, -0.25) is 0 Å². The summed E-state index contributed by atoms with van der Waals surface area (Å²) in [5, 5.41) is 6.40. The van der Waals surface area contributed by atoms with Crippen molar-refractivity contribution < 1.29 is 13.9 Å². The van der Waals surface area contributed by atoms with Crippen molar-refractivity contribution in [2.75, 3.05) is 32.1 Å². The number of hydrogen-bond acceptors (Lipinski definition) is 5. The third-order valence-electron chi connectivity index (χ3n) is 5.84. The second kappa shape index (κ2) is 8.23. The molecule has 1 saturated carbocycles. The van der Waals surface area contributed by atoms with Crippen molar-refractivity contribution in [3.63, 3.8) is 0 Å². The molecule has 154 valence electrons. The highest BCUT2D eigenvalue weighted by Gasteiger charge is 2.44. The molecule has 0 spiro atoms. The highest BCUT2D eigenvalue weighted by Crippen LogP contribution is 2.47. The van der Waals surface area contributed by atoms with Crippen molar-refractivity contribution in [3.8, 4) is 5.88 Å². The van der Waals surface area contributed by atoms with Crippen LogP contribution in [0.3, 0.4) is 0 Å². The summed E-state index contributed by atoms with van der Waals surface area (Å²) in [6.45, 7) is 1.95. The molecule has 2 amide bonds. The molecule has 2 N–H and O–H groups in total. The van der Waals surface area contributed by atoms with Crippen LogP contribution in [0.25, 0.3) is 0 Å². The first-order chi connectivity index (χ1) is 14.1. The van der Waals surface area contributed by atoms with Crippen molar-refractivity contribution in [2.45, 2.75) is 37.1 Å². The molecule has 0 unspecified atom stereocenters. The fraction of sp³-hybridized carbons (Fsp3) is 0.476. The maximum absolute atomic E-state index is 13.2. The van der Waals surface area contributed by atoms with Gasteiger partial charge < -0.3 is 20.3 Å². The average molecular weight is 399 g/mol. The van der Waals surface area contributed by atoms with E-state index in [4.69, 9.17) is 4.74 Å². The first-order valence-corrected chi connectivity index (χ1v) is 10.0. The second-order valence-electron chi connectivity index (χ2n) is 7.77. The van der Waals surface area contributed by atoms with Gasteiger partial charge in [0, 0.05) is 43.4 Å². The van der Waals surface area contributed by atoms with Gasteiger partial charge in [0.2, 0.25) is 11.8 Å². The Morgan fingerprint density at radius 1 is 1.24 bits per heavy atom. The van der Waals surface area contributed by atoms with E-state index < -0.39 is 0 Å². The molecule has 1 aromatic heterocycles. The normalized spacial score (nSPS) is 18.2. The number of anilines is 1. The quantitative estimate of drug-likeness (QED) is 0.781. The number of likely N-dealkylation sites (tertiary alicyclic amines) is 1. The lowest BCUT2D eigenvalue weighted by atomic mass is 9.96. The van der Waals surface area contributed by atoms with Crippen LogP contribution in [0.4, 0.5) is 15.1 Å². The van der Waals surface area contributed by atoms with Gasteiger partial charge in [-0.05, 0) is 43.4 Å². The van der Waals surface area contributed by atoms with Crippen molar-refractivity contribution in [2.24, 2.45) is 0 Å². The minimum atomic E-state index is -0.232. The van der Waals surface area contributed by atoms with Crippen LogP contribution < -0.4 is 15.4 Å². The molecule has 2 aliphatic rings. The molecule has 29 heavy (non-hydrogen) atoms. The summed E-state index contributed by atoms with van der Waals surface area (Å²) in [5.41, 5.74) is 1.06. The highest BCUT2D eigenvalue weighted by molar-refractivity contribution is 5.74. The molecule has 1 aromatic carbocycles. The zero-order valence-corrected chi connectivity index (χ0v) is 16.5. The first kappa shape index (κ1) is 19.4. The number of benzene rings is 1. The van der Waals surface area contributed by atoms with E-state index in [0.29, 0.717) is 31.5 Å². The number of carbonyl (C=O) groups is 1. The number of rotatable bonds is 6. The van der Waals surface area contributed by atoms with E-state index in [1.165, 1.54) is 12.1 Å². The van der Waals surface area contributed by atoms with Gasteiger partial charge in [0.15, 0.2) is 0 Å². The third-order valence-corrected chi connectivity index (χ3v) is 5.84. The van der Waals surface area contributed by atoms with Crippen molar-refractivity contribution in [1.29, 1.82) is 0 Å². The monoisotopic (exact) mass is 399 g/mol. The fourth-order valence-corrected chi connectivity index (χ4v) is 3.81. The predicted octanol–water partition coefficient (Wildman–Crippen LogP) is 2.94. The zero-order chi connectivity index (χ0) is 20.3. The van der Waals surface area contributed by atoms with Gasteiger partial charge in [0.25, 0.3) is 0 Å². The van der Waals surface area contributed by atoms with Crippen molar-refractivity contribution >= 4 is 12.0 Å². The summed E-state index contributed by atoms with van der Waals surface area (Å²) >= 11 is 0. The molecule has 1 aliphatic heterocycles. The minimum Gasteiger partial charge on any atom is -0.481 e. The number of nitrogens with zero attached hydrogens (tertiary/aromatic N) is 3. The lowest BCUT2D eigenvalue weighted by Crippen LogP contribution is -2.48. The summed E-state index contributed by atoms with van der Waals surface area (Å²) in [6.07, 6.45) is 5.36. The topological polar surface area (TPSA) is 79.4 Å². The largest absolute Gasteiger partial charge is 0.481 e. The van der Waals surface area contributed by atoms with Crippen LogP contribution in [0.2, 0.25) is 0 Å². The molecule has 1 aliphatic carbocycles. The Labute approximate surface area is 169 Å². The van der Waals surface area contributed by atoms with Gasteiger partial charge >= 0.3 is 6.03 Å². The maximum Gasteiger partial charge on any atom is 0.317 e. The van der Waals surface area contributed by atoms with Crippen LogP contribution in [0.15, 0.2) is 36.5 Å². The van der Waals surface area contributed by atoms with Crippen LogP contribution in [-0.2, 0) is 5.41 Å². The van der Waals surface area contributed by atoms with Crippen LogP contribution in [0, 0.1) is 5.82 Å². The summed E-state index contributed by atoms with van der Waals surface area (Å²) in [5.74, 6) is 0.834. The molecule has 2 aromatic rings. The van der Waals surface area contributed by atoms with E-state index in [-0.39, 0.29) is 23.3 Å². The molecule has 8 heteroatoms. The Hall–Kier alpha value is -2.90. The number of hydrogen-bond donors (Lipinski definition) is 2. The third kappa shape index (κ3) is 4.58. The van der Waals surface area contributed by atoms with Crippen LogP contribution in [0.1, 0.15) is 31.2 Å². The molecule has 4 rings (SSSR count). The van der Waals surface area contributed by atoms with Crippen molar-refractivity contribution in [3.05, 3.63) is 47.9 Å². The fourth-order valence-electron chi connectivity index (χ4n) is 3.81. The van der Waals surface area contributed by atoms with Crippen LogP contribution in [0.5, 0.6) is 5.88 Å². The predicted molar refractivity (Wildman–Crippen MR) is 108 cm³/mol. The zero-order valence-electron chi connectivity index (χ0n) is 16.5. The maximum atomic E-state index is 13.2. The van der Waals surface area contributed by atoms with Gasteiger partial charge in [-0.2, -0.15) is 4.98 Å². The van der Waals surface area contributed by atoms with E-state index in [0.717, 1.165) is 31.2 Å². The number of nitrogens with one attached hydrogen (secondary N) is 2. The molecule has 2 heterocycles. The van der Waals surface area contributed by atoms with Crippen LogP contribution in [-0.4, -0.2) is 53.7 Å². The summed E-state index contributed by atoms with van der Waals surface area (Å²) in [6, 6.07) is 8.52. The van der Waals surface area contributed by atoms with E-state index in [1.807, 2.05) is 17.0 Å². The molecular weight excluding hydrogens is 373 g/mol. The Kier molecular flexibility index (Phi) is 5.51. The lowest BCUT2D eigenvalue weighted by Gasteiger charge is -2.33. The number of urea groups is 1. The molecule has 2 fully saturated rings. The van der Waals surface area contributed by atoms with E-state index >= 15 is 0 Å². The Bertz CT molecular complexity index is 848. The molecule has 0 radical (unpaired) electrons. The van der Waals surface area contributed by atoms with Crippen molar-refractivity contribution in [1.82, 2.24) is 20.2 Å². The standard InChI is InChI=1S/C21H26FN5O2/c1-29-18-6-11-23-19(26-18)25-17-7-12-27(13-8-17)20(28)24-14-21(9-10-21)15-2-4-16(22)5-3-15/h2-6,11,17H,7-10,12-14H2,1H3,(H,24,28)(H,23,25,26). The Morgan fingerprint density at radius 3 is 2.62 bits per heavy atom. The molecule has 1 saturated heterocycles. The molecule has 0 bridgehead atoms. The van der Waals surface area contributed by atoms with Crippen LogP contribution >= 0.6 is 0 Å². The minimum absolute atomic E-state index is 0.0329. The van der Waals surface area contributed by atoms with Gasteiger partial charge in [-0.1, -0.05) is 12.1 Å². The number of methoxy groups -OCH3 is 1. The first-order valence-electron chi connectivity index (χ1n) is 10.0. The van der Waals surface area contributed by atoms with Gasteiger partial charge in [-0.25, -0.2) is 14.2 Å². The van der Waals surface area contributed by atoms with Gasteiger partial charge in [0.1, 0.15) is 5.82 Å². The number of aromatic nitrogens is 2. The smallest absolute Gasteiger partial charge is 0.317 e. The number of carbonyl (C=O) groups excluding carboxylic acids is 1. The SMILES string of the molecule is COc1ccnc(NC2CCN(C(=O)NCC3(c4ccc(F)cc4)CC3)CC2)n1. The molecular formula is C21H26FN5O2. The van der Waals surface area contributed by atoms with E-state index in [1.54, 1.807) is 19.4 Å². The highest BCUT2D eigenvalue weighted by atomic mass is 19.1. The van der Waals surface area contributed by atoms with E-state index in [9.17, 15) is 9.18 Å². The summed E-state index contributed by atoms with van der Waals surface area (Å²) in [7, 11) is 1.57. The lowest BCUT2D eigenvalue weighted by molar-refractivity contribution is 0.182. The number of piperidine rings is 1. The Morgan fingerprint density at radius 2 is 1.97 bits per heavy atom. The van der Waals surface area contributed by atoms with E-state index in [2.05, 4.69) is 20.6 Å². The molecule has 0 atom stereocenters. The van der Waals surface area contributed by atoms with Gasteiger partial charge in [-0.15, -0.1) is 0 Å². The average Bonchev–Trinajstić information content (AvgIpc) is 3.54. The summed E-state index contributed by atoms with van der Waals surface area (Å²) < 4.78 is 18.3. The number of halogens is 1. The summed E-state index contributed by atoms with van der Waals surface area (Å²) in [4.78, 5) is 22.9. The van der Waals surface area contributed by atoms with Gasteiger partial charge in [0.05, 0.1) is 7.11 Å². The molecule has 7 nitrogen and oxygen atoms in total. The Balaban J connectivity index is 1.24. The number of amides is 2.